The summed E-state index contributed by atoms with van der Waals surface area (Å²) >= 11 is 12.4. The van der Waals surface area contributed by atoms with Crippen LogP contribution in [0.3, 0.4) is 0 Å². The second kappa shape index (κ2) is 10.5. The minimum absolute atomic E-state index is 0.0149. The Kier molecular flexibility index (Phi) is 7.95. The smallest absolute Gasteiger partial charge is 0.252 e. The van der Waals surface area contributed by atoms with E-state index in [0.717, 1.165) is 17.5 Å². The molecule has 1 fully saturated rings. The number of halogens is 2. The number of hydrogen-bond donors (Lipinski definition) is 1. The molecule has 3 rings (SSSR count). The van der Waals surface area contributed by atoms with Gasteiger partial charge in [-0.3, -0.25) is 4.79 Å². The van der Waals surface area contributed by atoms with Gasteiger partial charge in [-0.2, -0.15) is 0 Å². The molecule has 0 unspecified atom stereocenters. The number of rotatable bonds is 8. The normalized spacial score (nSPS) is 22.7. The molecule has 6 heteroatoms. The largest absolute Gasteiger partial charge is 0.358 e. The Morgan fingerprint density at radius 3 is 2.50 bits per heavy atom. The van der Waals surface area contributed by atoms with Gasteiger partial charge >= 0.3 is 0 Å². The van der Waals surface area contributed by atoms with Crippen molar-refractivity contribution in [1.82, 2.24) is 10.2 Å². The van der Waals surface area contributed by atoms with Crippen molar-refractivity contribution in [2.75, 3.05) is 13.6 Å². The molecule has 30 heavy (non-hydrogen) atoms. The summed E-state index contributed by atoms with van der Waals surface area (Å²) in [6, 6.07) is 15.0. The Hall–Kier alpha value is -1.85. The van der Waals surface area contributed by atoms with Gasteiger partial charge in [0.2, 0.25) is 0 Å². The predicted molar refractivity (Wildman–Crippen MR) is 123 cm³/mol. The summed E-state index contributed by atoms with van der Waals surface area (Å²) in [7, 11) is 1.90. The van der Waals surface area contributed by atoms with Gasteiger partial charge < -0.3 is 15.0 Å². The van der Waals surface area contributed by atoms with Crippen molar-refractivity contribution >= 4 is 29.1 Å². The van der Waals surface area contributed by atoms with E-state index in [1.165, 1.54) is 0 Å². The molecule has 0 aliphatic carbocycles. The van der Waals surface area contributed by atoms with Crippen LogP contribution in [0, 0.1) is 0 Å². The summed E-state index contributed by atoms with van der Waals surface area (Å²) < 4.78 is 6.41. The van der Waals surface area contributed by atoms with Crippen molar-refractivity contribution in [3.05, 3.63) is 82.4 Å². The molecule has 1 amide bonds. The maximum absolute atomic E-state index is 13.6. The number of likely N-dealkylation sites (N-methyl/N-ethyl adjacent to an activating group) is 1. The lowest BCUT2D eigenvalue weighted by atomic mass is 9.89. The van der Waals surface area contributed by atoms with Gasteiger partial charge in [-0.1, -0.05) is 60.5 Å². The third-order valence-electron chi connectivity index (χ3n) is 5.50. The Bertz CT molecular complexity index is 872. The molecule has 0 bridgehead atoms. The Morgan fingerprint density at radius 2 is 1.90 bits per heavy atom. The topological polar surface area (TPSA) is 41.6 Å². The fraction of sp³-hybridized carbons (Fsp3) is 0.375. The molecule has 1 heterocycles. The van der Waals surface area contributed by atoms with Gasteiger partial charge in [-0.15, -0.1) is 6.58 Å². The number of nitrogens with one attached hydrogen (secondary N) is 1. The molecule has 4 nitrogen and oxygen atoms in total. The van der Waals surface area contributed by atoms with Crippen LogP contribution in [0.2, 0.25) is 10.0 Å². The fourth-order valence-corrected chi connectivity index (χ4v) is 4.41. The molecule has 2 aromatic carbocycles. The number of amides is 1. The minimum atomic E-state index is -0.582. The Labute approximate surface area is 188 Å². The first kappa shape index (κ1) is 22.8. The molecule has 2 aromatic rings. The summed E-state index contributed by atoms with van der Waals surface area (Å²) in [4.78, 5) is 15.5. The van der Waals surface area contributed by atoms with Gasteiger partial charge in [0.15, 0.2) is 0 Å². The van der Waals surface area contributed by atoms with E-state index in [2.05, 4.69) is 18.8 Å². The van der Waals surface area contributed by atoms with Gasteiger partial charge in [-0.25, -0.2) is 0 Å². The number of carbonyl (C=O) groups excluding carboxylic acids is 1. The van der Waals surface area contributed by atoms with Crippen molar-refractivity contribution < 1.29 is 9.53 Å². The standard InChI is InChI=1S/C24H28Cl2N2O2/c1-4-7-21-24(29)28(20(5-2)15-27-3)22(16-10-12-18(25)13-11-16)23(30-21)17-8-6-9-19(26)14-17/h4,6,8-14,20-23,27H,1,5,7,15H2,2-3H3/t20-,21-,22+,23+/m0/s1. The molecule has 1 aliphatic heterocycles. The minimum Gasteiger partial charge on any atom is -0.358 e. The summed E-state index contributed by atoms with van der Waals surface area (Å²) in [5, 5.41) is 4.52. The summed E-state index contributed by atoms with van der Waals surface area (Å²) in [6.45, 7) is 6.60. The highest BCUT2D eigenvalue weighted by atomic mass is 35.5. The van der Waals surface area contributed by atoms with Gasteiger partial charge in [-0.05, 0) is 48.9 Å². The second-order valence-corrected chi connectivity index (χ2v) is 8.36. The molecular formula is C24H28Cl2N2O2. The zero-order valence-electron chi connectivity index (χ0n) is 17.4. The summed E-state index contributed by atoms with van der Waals surface area (Å²) in [6.07, 6.45) is 2.06. The zero-order chi connectivity index (χ0) is 21.7. The molecule has 4 atom stereocenters. The lowest BCUT2D eigenvalue weighted by Gasteiger charge is -2.48. The van der Waals surface area contributed by atoms with Crippen LogP contribution < -0.4 is 5.32 Å². The molecular weight excluding hydrogens is 419 g/mol. The molecule has 160 valence electrons. The summed E-state index contributed by atoms with van der Waals surface area (Å²) in [5.41, 5.74) is 1.91. The Balaban J connectivity index is 2.16. The van der Waals surface area contributed by atoms with Gasteiger partial charge in [0.05, 0.1) is 6.04 Å². The molecule has 0 saturated carbocycles. The molecule has 0 radical (unpaired) electrons. The van der Waals surface area contributed by atoms with E-state index >= 15 is 0 Å². The molecule has 0 spiro atoms. The van der Waals surface area contributed by atoms with E-state index in [9.17, 15) is 4.79 Å². The highest BCUT2D eigenvalue weighted by Gasteiger charge is 2.45. The van der Waals surface area contributed by atoms with Crippen molar-refractivity contribution in [2.24, 2.45) is 0 Å². The van der Waals surface area contributed by atoms with Crippen LogP contribution in [0.15, 0.2) is 61.2 Å². The number of hydrogen-bond acceptors (Lipinski definition) is 3. The van der Waals surface area contributed by atoms with Crippen LogP contribution in [0.1, 0.15) is 43.0 Å². The highest BCUT2D eigenvalue weighted by Crippen LogP contribution is 2.44. The number of morpholine rings is 1. The summed E-state index contributed by atoms with van der Waals surface area (Å²) in [5.74, 6) is -0.0183. The lowest BCUT2D eigenvalue weighted by Crippen LogP contribution is -2.56. The van der Waals surface area contributed by atoms with E-state index in [-0.39, 0.29) is 24.1 Å². The SMILES string of the molecule is C=CC[C@@H]1O[C@H](c2cccc(Cl)c2)[C@@H](c2ccc(Cl)cc2)N([C@@H](CC)CNC)C1=O. The first-order valence-electron chi connectivity index (χ1n) is 10.2. The quantitative estimate of drug-likeness (QED) is 0.538. The van der Waals surface area contributed by atoms with E-state index < -0.39 is 6.10 Å². The van der Waals surface area contributed by atoms with E-state index in [0.29, 0.717) is 23.0 Å². The van der Waals surface area contributed by atoms with Gasteiger partial charge in [0.25, 0.3) is 5.91 Å². The van der Waals surface area contributed by atoms with Crippen molar-refractivity contribution in [3.63, 3.8) is 0 Å². The lowest BCUT2D eigenvalue weighted by molar-refractivity contribution is -0.178. The van der Waals surface area contributed by atoms with Crippen LogP contribution in [0.25, 0.3) is 0 Å². The fourth-order valence-electron chi connectivity index (χ4n) is 4.09. The number of ether oxygens (including phenoxy) is 1. The van der Waals surface area contributed by atoms with Crippen LogP contribution in [-0.4, -0.2) is 36.5 Å². The molecule has 1 aliphatic rings. The van der Waals surface area contributed by atoms with Gasteiger partial charge in [0, 0.05) is 29.1 Å². The highest BCUT2D eigenvalue weighted by molar-refractivity contribution is 6.30. The third-order valence-corrected chi connectivity index (χ3v) is 5.99. The molecule has 1 saturated heterocycles. The van der Waals surface area contributed by atoms with Crippen LogP contribution in [0.5, 0.6) is 0 Å². The average Bonchev–Trinajstić information content (AvgIpc) is 2.74. The second-order valence-electron chi connectivity index (χ2n) is 7.49. The first-order chi connectivity index (χ1) is 14.5. The number of carbonyl (C=O) groups is 1. The van der Waals surface area contributed by atoms with Crippen LogP contribution in [0.4, 0.5) is 0 Å². The molecule has 1 N–H and O–H groups in total. The van der Waals surface area contributed by atoms with Crippen molar-refractivity contribution in [2.45, 2.75) is 44.1 Å². The molecule has 0 aromatic heterocycles. The van der Waals surface area contributed by atoms with Crippen LogP contribution >= 0.6 is 23.2 Å². The predicted octanol–water partition coefficient (Wildman–Crippen LogP) is 5.58. The van der Waals surface area contributed by atoms with Crippen molar-refractivity contribution in [3.8, 4) is 0 Å². The third kappa shape index (κ3) is 4.89. The average molecular weight is 447 g/mol. The maximum Gasteiger partial charge on any atom is 0.252 e. The zero-order valence-corrected chi connectivity index (χ0v) is 18.9. The maximum atomic E-state index is 13.6. The monoisotopic (exact) mass is 446 g/mol. The van der Waals surface area contributed by atoms with Gasteiger partial charge in [0.1, 0.15) is 12.2 Å². The first-order valence-corrected chi connectivity index (χ1v) is 11.0. The van der Waals surface area contributed by atoms with Crippen LogP contribution in [-0.2, 0) is 9.53 Å². The van der Waals surface area contributed by atoms with E-state index in [1.807, 2.05) is 60.5 Å². The van der Waals surface area contributed by atoms with Crippen molar-refractivity contribution in [1.29, 1.82) is 0 Å². The van der Waals surface area contributed by atoms with E-state index in [1.54, 1.807) is 6.08 Å². The number of benzene rings is 2. The van der Waals surface area contributed by atoms with E-state index in [4.69, 9.17) is 27.9 Å². The Morgan fingerprint density at radius 1 is 1.17 bits per heavy atom. The number of nitrogens with zero attached hydrogens (tertiary/aromatic N) is 1.